The number of ether oxygens (including phenoxy) is 2. The summed E-state index contributed by atoms with van der Waals surface area (Å²) < 4.78 is 11.0. The summed E-state index contributed by atoms with van der Waals surface area (Å²) in [5.74, 6) is 1.30. The second-order valence-electron chi connectivity index (χ2n) is 6.54. The molecule has 0 unspecified atom stereocenters. The number of methoxy groups -OCH3 is 1. The second kappa shape index (κ2) is 5.17. The van der Waals surface area contributed by atoms with Crippen molar-refractivity contribution in [2.45, 2.75) is 33.3 Å². The molecule has 0 bridgehead atoms. The zero-order chi connectivity index (χ0) is 13.3. The van der Waals surface area contributed by atoms with Crippen LogP contribution in [0.2, 0.25) is 0 Å². The average molecular weight is 255 g/mol. The van der Waals surface area contributed by atoms with E-state index in [0.29, 0.717) is 11.8 Å². The molecule has 2 rings (SSSR count). The van der Waals surface area contributed by atoms with E-state index < -0.39 is 0 Å². The number of likely N-dealkylation sites (tertiary alicyclic amines) is 1. The molecular weight excluding hydrogens is 230 g/mol. The van der Waals surface area contributed by atoms with Gasteiger partial charge in [0.25, 0.3) is 0 Å². The fourth-order valence-electron chi connectivity index (χ4n) is 3.01. The van der Waals surface area contributed by atoms with E-state index in [0.717, 1.165) is 32.7 Å². The van der Waals surface area contributed by atoms with Gasteiger partial charge in [0.15, 0.2) is 0 Å². The first-order chi connectivity index (χ1) is 8.43. The average Bonchev–Trinajstić information content (AvgIpc) is 2.84. The molecule has 0 spiro atoms. The predicted octanol–water partition coefficient (Wildman–Crippen LogP) is 1.54. The van der Waals surface area contributed by atoms with Crippen LogP contribution in [0.15, 0.2) is 0 Å². The third-order valence-electron chi connectivity index (χ3n) is 4.06. The van der Waals surface area contributed by atoms with Crippen molar-refractivity contribution in [3.63, 3.8) is 0 Å². The standard InChI is InChI=1S/C14H25NO3/c1-14(2,3)13(16)15-7-11-10(5-6-17-4)9-18-12(11)8-15/h10-12H,5-9H2,1-4H3/t10-,11-,12-/m1/s1. The molecule has 2 aliphatic rings. The van der Waals surface area contributed by atoms with Gasteiger partial charge < -0.3 is 14.4 Å². The van der Waals surface area contributed by atoms with E-state index in [9.17, 15) is 4.79 Å². The van der Waals surface area contributed by atoms with Crippen LogP contribution in [-0.4, -0.2) is 50.3 Å². The highest BCUT2D eigenvalue weighted by molar-refractivity contribution is 5.81. The summed E-state index contributed by atoms with van der Waals surface area (Å²) >= 11 is 0. The molecule has 1 amide bonds. The van der Waals surface area contributed by atoms with Crippen molar-refractivity contribution in [1.29, 1.82) is 0 Å². The highest BCUT2D eigenvalue weighted by Gasteiger charge is 2.46. The maximum Gasteiger partial charge on any atom is 0.228 e. The summed E-state index contributed by atoms with van der Waals surface area (Å²) in [7, 11) is 1.73. The molecule has 0 aliphatic carbocycles. The maximum atomic E-state index is 12.3. The molecular formula is C14H25NO3. The highest BCUT2D eigenvalue weighted by atomic mass is 16.5. The molecule has 0 radical (unpaired) electrons. The lowest BCUT2D eigenvalue weighted by molar-refractivity contribution is -0.139. The van der Waals surface area contributed by atoms with Gasteiger partial charge in [0.05, 0.1) is 12.7 Å². The van der Waals surface area contributed by atoms with Gasteiger partial charge in [0, 0.05) is 38.1 Å². The zero-order valence-electron chi connectivity index (χ0n) is 11.9. The Morgan fingerprint density at radius 1 is 1.39 bits per heavy atom. The van der Waals surface area contributed by atoms with E-state index >= 15 is 0 Å². The Morgan fingerprint density at radius 2 is 2.11 bits per heavy atom. The van der Waals surface area contributed by atoms with Crippen LogP contribution in [0.3, 0.4) is 0 Å². The van der Waals surface area contributed by atoms with E-state index in [4.69, 9.17) is 9.47 Å². The van der Waals surface area contributed by atoms with Crippen LogP contribution in [0.5, 0.6) is 0 Å². The molecule has 2 saturated heterocycles. The minimum Gasteiger partial charge on any atom is -0.385 e. The lowest BCUT2D eigenvalue weighted by Crippen LogP contribution is -2.39. The Kier molecular flexibility index (Phi) is 3.97. The monoisotopic (exact) mass is 255 g/mol. The van der Waals surface area contributed by atoms with Crippen LogP contribution in [0.25, 0.3) is 0 Å². The molecule has 3 atom stereocenters. The number of nitrogens with zero attached hydrogens (tertiary/aromatic N) is 1. The van der Waals surface area contributed by atoms with Crippen LogP contribution in [0, 0.1) is 17.3 Å². The Hall–Kier alpha value is -0.610. The smallest absolute Gasteiger partial charge is 0.228 e. The summed E-state index contributed by atoms with van der Waals surface area (Å²) in [6, 6.07) is 0. The molecule has 2 fully saturated rings. The van der Waals surface area contributed by atoms with Crippen molar-refractivity contribution >= 4 is 5.91 Å². The van der Waals surface area contributed by atoms with Crippen LogP contribution in [0.4, 0.5) is 0 Å². The SMILES string of the molecule is COCC[C@@H]1CO[C@@H]2CN(C(=O)C(C)(C)C)C[C@H]12. The van der Waals surface area contributed by atoms with E-state index in [2.05, 4.69) is 0 Å². The Labute approximate surface area is 110 Å². The molecule has 104 valence electrons. The topological polar surface area (TPSA) is 38.8 Å². The number of amides is 1. The van der Waals surface area contributed by atoms with Gasteiger partial charge in [0.2, 0.25) is 5.91 Å². The summed E-state index contributed by atoms with van der Waals surface area (Å²) in [4.78, 5) is 14.2. The number of rotatable bonds is 3. The van der Waals surface area contributed by atoms with Gasteiger partial charge in [-0.15, -0.1) is 0 Å². The Balaban J connectivity index is 1.94. The molecule has 4 nitrogen and oxygen atoms in total. The first-order valence-electron chi connectivity index (χ1n) is 6.83. The molecule has 2 heterocycles. The fraction of sp³-hybridized carbons (Fsp3) is 0.929. The van der Waals surface area contributed by atoms with E-state index in [1.807, 2.05) is 25.7 Å². The zero-order valence-corrected chi connectivity index (χ0v) is 11.9. The van der Waals surface area contributed by atoms with Gasteiger partial charge in [-0.1, -0.05) is 20.8 Å². The molecule has 2 aliphatic heterocycles. The van der Waals surface area contributed by atoms with E-state index in [-0.39, 0.29) is 17.4 Å². The minimum atomic E-state index is -0.291. The number of hydrogen-bond acceptors (Lipinski definition) is 3. The molecule has 0 saturated carbocycles. The molecule has 0 aromatic heterocycles. The first-order valence-corrected chi connectivity index (χ1v) is 6.83. The van der Waals surface area contributed by atoms with Gasteiger partial charge in [-0.25, -0.2) is 0 Å². The van der Waals surface area contributed by atoms with Gasteiger partial charge >= 0.3 is 0 Å². The predicted molar refractivity (Wildman–Crippen MR) is 69.2 cm³/mol. The largest absolute Gasteiger partial charge is 0.385 e. The van der Waals surface area contributed by atoms with Crippen molar-refractivity contribution in [2.75, 3.05) is 33.4 Å². The molecule has 18 heavy (non-hydrogen) atoms. The lowest BCUT2D eigenvalue weighted by atomic mass is 9.90. The number of carbonyl (C=O) groups excluding carboxylic acids is 1. The van der Waals surface area contributed by atoms with Crippen molar-refractivity contribution in [3.8, 4) is 0 Å². The van der Waals surface area contributed by atoms with Gasteiger partial charge in [-0.3, -0.25) is 4.79 Å². The second-order valence-corrected chi connectivity index (χ2v) is 6.54. The summed E-state index contributed by atoms with van der Waals surface area (Å²) in [6.45, 7) is 9.17. The fourth-order valence-corrected chi connectivity index (χ4v) is 3.01. The molecule has 0 N–H and O–H groups in total. The Morgan fingerprint density at radius 3 is 2.72 bits per heavy atom. The Bertz CT molecular complexity index is 311. The van der Waals surface area contributed by atoms with Crippen LogP contribution >= 0.6 is 0 Å². The van der Waals surface area contributed by atoms with Gasteiger partial charge in [0.1, 0.15) is 0 Å². The summed E-state index contributed by atoms with van der Waals surface area (Å²) in [5.41, 5.74) is -0.291. The van der Waals surface area contributed by atoms with Crippen molar-refractivity contribution in [3.05, 3.63) is 0 Å². The van der Waals surface area contributed by atoms with Gasteiger partial charge in [-0.2, -0.15) is 0 Å². The van der Waals surface area contributed by atoms with E-state index in [1.54, 1.807) is 7.11 Å². The molecule has 4 heteroatoms. The lowest BCUT2D eigenvalue weighted by Gasteiger charge is -2.26. The van der Waals surface area contributed by atoms with Crippen LogP contribution in [0.1, 0.15) is 27.2 Å². The number of fused-ring (bicyclic) bond motifs is 1. The third-order valence-corrected chi connectivity index (χ3v) is 4.06. The first kappa shape index (κ1) is 13.8. The van der Waals surface area contributed by atoms with Crippen LogP contribution < -0.4 is 0 Å². The maximum absolute atomic E-state index is 12.3. The quantitative estimate of drug-likeness (QED) is 0.768. The van der Waals surface area contributed by atoms with Crippen molar-refractivity contribution in [1.82, 2.24) is 4.90 Å². The number of hydrogen-bond donors (Lipinski definition) is 0. The highest BCUT2D eigenvalue weighted by Crippen LogP contribution is 2.36. The van der Waals surface area contributed by atoms with E-state index in [1.165, 1.54) is 0 Å². The summed E-state index contributed by atoms with van der Waals surface area (Å²) in [6.07, 6.45) is 1.29. The van der Waals surface area contributed by atoms with Crippen molar-refractivity contribution < 1.29 is 14.3 Å². The number of carbonyl (C=O) groups is 1. The van der Waals surface area contributed by atoms with Gasteiger partial charge in [-0.05, 0) is 12.3 Å². The minimum absolute atomic E-state index is 0.242. The van der Waals surface area contributed by atoms with Crippen LogP contribution in [-0.2, 0) is 14.3 Å². The summed E-state index contributed by atoms with van der Waals surface area (Å²) in [5, 5.41) is 0. The third kappa shape index (κ3) is 2.69. The van der Waals surface area contributed by atoms with Crippen molar-refractivity contribution in [2.24, 2.45) is 17.3 Å². The normalized spacial score (nSPS) is 31.8. The molecule has 0 aromatic rings. The molecule has 0 aromatic carbocycles.